The Morgan fingerprint density at radius 1 is 1.00 bits per heavy atom. The lowest BCUT2D eigenvalue weighted by atomic mass is 10.1. The molecule has 2 aromatic carbocycles. The topological polar surface area (TPSA) is 30.5 Å². The van der Waals surface area contributed by atoms with Crippen LogP contribution in [0.4, 0.5) is 10.1 Å². The van der Waals surface area contributed by atoms with Crippen molar-refractivity contribution in [3.05, 3.63) is 53.8 Å². The molecule has 3 nitrogen and oxygen atoms in total. The molecule has 0 bridgehead atoms. The number of anilines is 1. The van der Waals surface area contributed by atoms with Crippen LogP contribution in [0.25, 0.3) is 0 Å². The van der Waals surface area contributed by atoms with E-state index < -0.39 is 0 Å². The van der Waals surface area contributed by atoms with Gasteiger partial charge in [0.05, 0.1) is 0 Å². The first-order valence-electron chi connectivity index (χ1n) is 6.20. The Bertz CT molecular complexity index is 569. The van der Waals surface area contributed by atoms with Crippen LogP contribution in [-0.2, 0) is 6.54 Å². The zero-order valence-corrected chi connectivity index (χ0v) is 10.4. The SMILES string of the molecule is Fc1ccc(NCc2cccc3c2OCCO3)cc1. The summed E-state index contributed by atoms with van der Waals surface area (Å²) in [5.74, 6) is 1.34. The van der Waals surface area contributed by atoms with Crippen LogP contribution in [0, 0.1) is 5.82 Å². The molecular weight excluding hydrogens is 245 g/mol. The second-order valence-corrected chi connectivity index (χ2v) is 4.30. The molecule has 0 saturated carbocycles. The van der Waals surface area contributed by atoms with E-state index in [1.165, 1.54) is 12.1 Å². The second-order valence-electron chi connectivity index (χ2n) is 4.30. The van der Waals surface area contributed by atoms with Crippen LogP contribution < -0.4 is 14.8 Å². The number of halogens is 1. The van der Waals surface area contributed by atoms with Gasteiger partial charge in [0.25, 0.3) is 0 Å². The molecule has 98 valence electrons. The van der Waals surface area contributed by atoms with E-state index in [-0.39, 0.29) is 5.82 Å². The Labute approximate surface area is 111 Å². The maximum absolute atomic E-state index is 12.8. The van der Waals surface area contributed by atoms with Crippen molar-refractivity contribution in [2.75, 3.05) is 18.5 Å². The Morgan fingerprint density at radius 2 is 1.79 bits per heavy atom. The van der Waals surface area contributed by atoms with E-state index in [0.717, 1.165) is 22.7 Å². The molecule has 0 amide bonds. The molecule has 0 aliphatic carbocycles. The lowest BCUT2D eigenvalue weighted by molar-refractivity contribution is 0.170. The van der Waals surface area contributed by atoms with Gasteiger partial charge < -0.3 is 14.8 Å². The second kappa shape index (κ2) is 5.18. The third kappa shape index (κ3) is 2.62. The van der Waals surface area contributed by atoms with E-state index >= 15 is 0 Å². The van der Waals surface area contributed by atoms with Gasteiger partial charge in [-0.05, 0) is 30.3 Å². The third-order valence-electron chi connectivity index (χ3n) is 2.97. The van der Waals surface area contributed by atoms with Crippen molar-refractivity contribution in [2.45, 2.75) is 6.54 Å². The monoisotopic (exact) mass is 259 g/mol. The number of hydrogen-bond acceptors (Lipinski definition) is 3. The molecule has 4 heteroatoms. The van der Waals surface area contributed by atoms with E-state index in [2.05, 4.69) is 5.32 Å². The van der Waals surface area contributed by atoms with Crippen LogP contribution in [0.5, 0.6) is 11.5 Å². The molecule has 0 atom stereocenters. The summed E-state index contributed by atoms with van der Waals surface area (Å²) in [5, 5.41) is 3.24. The van der Waals surface area contributed by atoms with Gasteiger partial charge in [0.2, 0.25) is 0 Å². The van der Waals surface area contributed by atoms with Gasteiger partial charge in [-0.25, -0.2) is 4.39 Å². The number of ether oxygens (including phenoxy) is 2. The number of para-hydroxylation sites is 1. The Kier molecular flexibility index (Phi) is 3.23. The van der Waals surface area contributed by atoms with Gasteiger partial charge in [-0.2, -0.15) is 0 Å². The average molecular weight is 259 g/mol. The van der Waals surface area contributed by atoms with E-state index in [0.29, 0.717) is 19.8 Å². The molecule has 2 aromatic rings. The molecule has 3 rings (SSSR count). The summed E-state index contributed by atoms with van der Waals surface area (Å²) in [6.07, 6.45) is 0. The number of hydrogen-bond donors (Lipinski definition) is 1. The number of fused-ring (bicyclic) bond motifs is 1. The average Bonchev–Trinajstić information content (AvgIpc) is 2.47. The summed E-state index contributed by atoms with van der Waals surface area (Å²) < 4.78 is 24.0. The lowest BCUT2D eigenvalue weighted by Gasteiger charge is -2.21. The van der Waals surface area contributed by atoms with Gasteiger partial charge in [0.15, 0.2) is 11.5 Å². The predicted molar refractivity (Wildman–Crippen MR) is 71.2 cm³/mol. The summed E-state index contributed by atoms with van der Waals surface area (Å²) in [4.78, 5) is 0. The fourth-order valence-electron chi connectivity index (χ4n) is 2.04. The number of rotatable bonds is 3. The van der Waals surface area contributed by atoms with E-state index in [4.69, 9.17) is 9.47 Å². The first-order chi connectivity index (χ1) is 9.33. The molecule has 0 spiro atoms. The molecule has 19 heavy (non-hydrogen) atoms. The predicted octanol–water partition coefficient (Wildman–Crippen LogP) is 3.21. The van der Waals surface area contributed by atoms with Crippen molar-refractivity contribution in [3.8, 4) is 11.5 Å². The van der Waals surface area contributed by atoms with Crippen molar-refractivity contribution in [1.29, 1.82) is 0 Å². The van der Waals surface area contributed by atoms with Gasteiger partial charge in [0, 0.05) is 17.8 Å². The van der Waals surface area contributed by atoms with Crippen LogP contribution in [0.2, 0.25) is 0 Å². The first-order valence-corrected chi connectivity index (χ1v) is 6.20. The molecule has 1 aliphatic heterocycles. The summed E-state index contributed by atoms with van der Waals surface area (Å²) >= 11 is 0. The molecule has 1 N–H and O–H groups in total. The molecule has 0 unspecified atom stereocenters. The maximum Gasteiger partial charge on any atom is 0.166 e. The normalized spacial score (nSPS) is 13.1. The highest BCUT2D eigenvalue weighted by Crippen LogP contribution is 2.33. The highest BCUT2D eigenvalue weighted by molar-refractivity contribution is 5.50. The highest BCUT2D eigenvalue weighted by Gasteiger charge is 2.14. The largest absolute Gasteiger partial charge is 0.486 e. The summed E-state index contributed by atoms with van der Waals surface area (Å²) in [6.45, 7) is 1.76. The number of nitrogens with one attached hydrogen (secondary N) is 1. The van der Waals surface area contributed by atoms with Crippen molar-refractivity contribution >= 4 is 5.69 Å². The number of benzene rings is 2. The van der Waals surface area contributed by atoms with Crippen LogP contribution in [0.1, 0.15) is 5.56 Å². The van der Waals surface area contributed by atoms with Gasteiger partial charge in [0.1, 0.15) is 19.0 Å². The Balaban J connectivity index is 1.75. The molecular formula is C15H14FNO2. The third-order valence-corrected chi connectivity index (χ3v) is 2.97. The smallest absolute Gasteiger partial charge is 0.166 e. The summed E-state index contributed by atoms with van der Waals surface area (Å²) in [6, 6.07) is 12.1. The van der Waals surface area contributed by atoms with Crippen LogP contribution in [-0.4, -0.2) is 13.2 Å². The summed E-state index contributed by atoms with van der Waals surface area (Å²) in [5.41, 5.74) is 1.90. The zero-order chi connectivity index (χ0) is 13.1. The van der Waals surface area contributed by atoms with Crippen LogP contribution in [0.15, 0.2) is 42.5 Å². The zero-order valence-electron chi connectivity index (χ0n) is 10.4. The first kappa shape index (κ1) is 11.8. The van der Waals surface area contributed by atoms with E-state index in [9.17, 15) is 4.39 Å². The van der Waals surface area contributed by atoms with E-state index in [1.807, 2.05) is 18.2 Å². The van der Waals surface area contributed by atoms with Crippen LogP contribution in [0.3, 0.4) is 0 Å². The van der Waals surface area contributed by atoms with Crippen molar-refractivity contribution in [3.63, 3.8) is 0 Å². The standard InChI is InChI=1S/C15H14FNO2/c16-12-4-6-13(7-5-12)17-10-11-2-1-3-14-15(11)19-9-8-18-14/h1-7,17H,8-10H2. The molecule has 0 aromatic heterocycles. The minimum absolute atomic E-state index is 0.237. The Morgan fingerprint density at radius 3 is 2.63 bits per heavy atom. The molecule has 1 aliphatic rings. The molecule has 1 heterocycles. The van der Waals surface area contributed by atoms with Gasteiger partial charge in [-0.3, -0.25) is 0 Å². The maximum atomic E-state index is 12.8. The van der Waals surface area contributed by atoms with Gasteiger partial charge in [-0.15, -0.1) is 0 Å². The minimum atomic E-state index is -0.237. The van der Waals surface area contributed by atoms with Crippen molar-refractivity contribution in [1.82, 2.24) is 0 Å². The minimum Gasteiger partial charge on any atom is -0.486 e. The van der Waals surface area contributed by atoms with Crippen molar-refractivity contribution < 1.29 is 13.9 Å². The van der Waals surface area contributed by atoms with Crippen molar-refractivity contribution in [2.24, 2.45) is 0 Å². The lowest BCUT2D eigenvalue weighted by Crippen LogP contribution is -2.17. The van der Waals surface area contributed by atoms with Crippen LogP contribution >= 0.6 is 0 Å². The van der Waals surface area contributed by atoms with E-state index in [1.54, 1.807) is 12.1 Å². The summed E-state index contributed by atoms with van der Waals surface area (Å²) in [7, 11) is 0. The highest BCUT2D eigenvalue weighted by atomic mass is 19.1. The molecule has 0 saturated heterocycles. The van der Waals surface area contributed by atoms with Gasteiger partial charge in [-0.1, -0.05) is 12.1 Å². The molecule has 0 fully saturated rings. The van der Waals surface area contributed by atoms with Gasteiger partial charge >= 0.3 is 0 Å². The Hall–Kier alpha value is -2.23. The fourth-order valence-corrected chi connectivity index (χ4v) is 2.04. The molecule has 0 radical (unpaired) electrons. The quantitative estimate of drug-likeness (QED) is 0.918. The fraction of sp³-hybridized carbons (Fsp3) is 0.200.